The highest BCUT2D eigenvalue weighted by Gasteiger charge is 2.23. The molecule has 62 heavy (non-hydrogen) atoms. The maximum atomic E-state index is 2.55. The van der Waals surface area contributed by atoms with Gasteiger partial charge in [0.15, 0.2) is 0 Å². The molecule has 14 aromatic rings. The molecule has 2 nitrogen and oxygen atoms in total. The van der Waals surface area contributed by atoms with E-state index in [4.69, 9.17) is 0 Å². The Bertz CT molecular complexity index is 4150. The molecule has 0 aliphatic rings. The van der Waals surface area contributed by atoms with Crippen molar-refractivity contribution in [2.75, 3.05) is 0 Å². The van der Waals surface area contributed by atoms with Gasteiger partial charge in [-0.1, -0.05) is 152 Å². The first-order chi connectivity index (χ1) is 30.8. The second-order valence-corrected chi connectivity index (χ2v) is 18.5. The van der Waals surface area contributed by atoms with Gasteiger partial charge < -0.3 is 9.13 Å². The molecule has 0 saturated heterocycles. The van der Waals surface area contributed by atoms with Crippen LogP contribution in [-0.4, -0.2) is 9.13 Å². The number of fused-ring (bicyclic) bond motifs is 14. The Kier molecular flexibility index (Phi) is 7.18. The van der Waals surface area contributed by atoms with Crippen LogP contribution in [0.2, 0.25) is 0 Å². The highest BCUT2D eigenvalue weighted by atomic mass is 32.1. The summed E-state index contributed by atoms with van der Waals surface area (Å²) in [4.78, 5) is 0. The number of thiophene rings is 2. The van der Waals surface area contributed by atoms with Crippen LogP contribution in [0.4, 0.5) is 0 Å². The number of nitrogens with zero attached hydrogens (tertiary/aromatic N) is 2. The monoisotopic (exact) mass is 822 g/mol. The molecule has 0 saturated carbocycles. The van der Waals surface area contributed by atoms with Gasteiger partial charge in [-0.15, -0.1) is 22.7 Å². The molecule has 288 valence electrons. The molecule has 0 fully saturated rings. The van der Waals surface area contributed by atoms with Crippen molar-refractivity contribution in [3.63, 3.8) is 0 Å². The normalized spacial score (nSPS) is 12.2. The van der Waals surface area contributed by atoms with Gasteiger partial charge in [-0.05, 0) is 71.1 Å². The molecule has 4 heteroatoms. The Morgan fingerprint density at radius 2 is 0.952 bits per heavy atom. The zero-order valence-electron chi connectivity index (χ0n) is 33.3. The van der Waals surface area contributed by atoms with Crippen molar-refractivity contribution in [3.05, 3.63) is 206 Å². The fraction of sp³-hybridized carbons (Fsp3) is 0. The second kappa shape index (κ2) is 13.0. The van der Waals surface area contributed by atoms with E-state index in [1.807, 2.05) is 22.7 Å². The van der Waals surface area contributed by atoms with Crippen molar-refractivity contribution >= 4 is 117 Å². The van der Waals surface area contributed by atoms with Crippen LogP contribution in [0.25, 0.3) is 128 Å². The van der Waals surface area contributed by atoms with Crippen LogP contribution in [0.1, 0.15) is 0 Å². The van der Waals surface area contributed by atoms with E-state index < -0.39 is 0 Å². The molecule has 10 aromatic carbocycles. The van der Waals surface area contributed by atoms with Crippen molar-refractivity contribution in [1.29, 1.82) is 0 Å². The van der Waals surface area contributed by atoms with E-state index in [0.717, 1.165) is 5.69 Å². The Balaban J connectivity index is 1.07. The van der Waals surface area contributed by atoms with E-state index in [-0.39, 0.29) is 0 Å². The van der Waals surface area contributed by atoms with Gasteiger partial charge in [-0.2, -0.15) is 0 Å². The summed E-state index contributed by atoms with van der Waals surface area (Å²) in [7, 11) is 0. The Labute approximate surface area is 364 Å². The van der Waals surface area contributed by atoms with Gasteiger partial charge in [0, 0.05) is 84.1 Å². The molecule has 0 aliphatic carbocycles. The molecule has 0 aliphatic heterocycles. The zero-order chi connectivity index (χ0) is 40.5. The van der Waals surface area contributed by atoms with E-state index in [2.05, 4.69) is 215 Å². The summed E-state index contributed by atoms with van der Waals surface area (Å²) in [5, 5.41) is 12.7. The molecular weight excluding hydrogens is 789 g/mol. The van der Waals surface area contributed by atoms with E-state index in [1.165, 1.54) is 123 Å². The molecule has 14 rings (SSSR count). The quantitative estimate of drug-likeness (QED) is 0.167. The summed E-state index contributed by atoms with van der Waals surface area (Å²) in [6.45, 7) is 0. The zero-order valence-corrected chi connectivity index (χ0v) is 35.0. The molecule has 0 unspecified atom stereocenters. The predicted molar refractivity (Wildman–Crippen MR) is 269 cm³/mol. The lowest BCUT2D eigenvalue weighted by molar-refractivity contribution is 1.19. The Hall–Kier alpha value is -7.50. The van der Waals surface area contributed by atoms with Gasteiger partial charge in [0.1, 0.15) is 0 Å². The molecular formula is C58H34N2S2. The van der Waals surface area contributed by atoms with Gasteiger partial charge in [0.2, 0.25) is 0 Å². The lowest BCUT2D eigenvalue weighted by Gasteiger charge is -2.12. The van der Waals surface area contributed by atoms with Crippen LogP contribution in [-0.2, 0) is 0 Å². The number of benzene rings is 10. The van der Waals surface area contributed by atoms with Crippen molar-refractivity contribution in [2.45, 2.75) is 0 Å². The van der Waals surface area contributed by atoms with E-state index in [0.29, 0.717) is 0 Å². The van der Waals surface area contributed by atoms with Crippen molar-refractivity contribution in [3.8, 4) is 33.6 Å². The summed E-state index contributed by atoms with van der Waals surface area (Å²) in [6.07, 6.45) is 0. The second-order valence-electron chi connectivity index (χ2n) is 16.4. The fourth-order valence-electron chi connectivity index (χ4n) is 10.4. The van der Waals surface area contributed by atoms with Gasteiger partial charge >= 0.3 is 0 Å². The molecule has 0 N–H and O–H groups in total. The van der Waals surface area contributed by atoms with Crippen LogP contribution < -0.4 is 0 Å². The van der Waals surface area contributed by atoms with Gasteiger partial charge in [-0.25, -0.2) is 0 Å². The summed E-state index contributed by atoms with van der Waals surface area (Å²) in [5.74, 6) is 0. The highest BCUT2D eigenvalue weighted by Crippen LogP contribution is 2.47. The summed E-state index contributed by atoms with van der Waals surface area (Å²) < 4.78 is 10.3. The smallest absolute Gasteiger partial charge is 0.0641 e. The Morgan fingerprint density at radius 3 is 1.79 bits per heavy atom. The Morgan fingerprint density at radius 1 is 0.323 bits per heavy atom. The van der Waals surface area contributed by atoms with E-state index >= 15 is 0 Å². The SMILES string of the molecule is c1ccc(-c2ccc3c(c2)c2ccc4c(c5ccccc5n4-c4cccc5ccccc45)c2n3-c2ccc3sc4c(-c5cccc6c5sc5ccccc56)cccc4c3c2)cc1. The molecule has 4 heterocycles. The minimum atomic E-state index is 1.16. The van der Waals surface area contributed by atoms with E-state index in [9.17, 15) is 0 Å². The number of rotatable bonds is 4. The highest BCUT2D eigenvalue weighted by molar-refractivity contribution is 7.27. The van der Waals surface area contributed by atoms with Crippen LogP contribution >= 0.6 is 22.7 Å². The van der Waals surface area contributed by atoms with Crippen LogP contribution in [0.5, 0.6) is 0 Å². The average Bonchev–Trinajstić information content (AvgIpc) is 4.09. The van der Waals surface area contributed by atoms with Crippen LogP contribution in [0.3, 0.4) is 0 Å². The average molecular weight is 823 g/mol. The maximum Gasteiger partial charge on any atom is 0.0641 e. The summed E-state index contributed by atoms with van der Waals surface area (Å²) in [5.41, 5.74) is 12.2. The third-order valence-corrected chi connectivity index (χ3v) is 15.5. The summed E-state index contributed by atoms with van der Waals surface area (Å²) in [6, 6.07) is 76.5. The molecule has 0 spiro atoms. The topological polar surface area (TPSA) is 9.86 Å². The van der Waals surface area contributed by atoms with Crippen LogP contribution in [0, 0.1) is 0 Å². The van der Waals surface area contributed by atoms with Gasteiger partial charge in [-0.3, -0.25) is 0 Å². The molecule has 4 aromatic heterocycles. The minimum Gasteiger partial charge on any atom is -0.309 e. The molecule has 0 radical (unpaired) electrons. The number of para-hydroxylation sites is 1. The summed E-state index contributed by atoms with van der Waals surface area (Å²) >= 11 is 3.81. The van der Waals surface area contributed by atoms with Crippen molar-refractivity contribution in [1.82, 2.24) is 9.13 Å². The van der Waals surface area contributed by atoms with Crippen LogP contribution in [0.15, 0.2) is 206 Å². The third-order valence-electron chi connectivity index (χ3n) is 13.1. The molecule has 0 atom stereocenters. The van der Waals surface area contributed by atoms with E-state index in [1.54, 1.807) is 0 Å². The lowest BCUT2D eigenvalue weighted by Crippen LogP contribution is -1.96. The standard InChI is InChI=1S/C58H34N2S2/c1-2-13-35(14-3-1)37-27-30-51-47(33-37)41-29-31-52-55(46-19-6-8-24-50(46)60(52)49-25-10-16-36-15-4-5-17-39(36)49)56(41)59(51)38-28-32-54-48(34-38)45-23-12-22-44(58(45)62-54)43-21-11-20-42-40-18-7-9-26-53(40)61-57(42)43/h1-34H. The first kappa shape index (κ1) is 34.2. The number of hydrogen-bond acceptors (Lipinski definition) is 2. The lowest BCUT2D eigenvalue weighted by atomic mass is 10.0. The maximum absolute atomic E-state index is 2.55. The number of hydrogen-bond donors (Lipinski definition) is 0. The molecule has 0 bridgehead atoms. The van der Waals surface area contributed by atoms with Crippen molar-refractivity contribution in [2.24, 2.45) is 0 Å². The largest absolute Gasteiger partial charge is 0.309 e. The minimum absolute atomic E-state index is 1.16. The predicted octanol–water partition coefficient (Wildman–Crippen LogP) is 17.1. The first-order valence-electron chi connectivity index (χ1n) is 21.2. The third kappa shape index (κ3) is 4.79. The van der Waals surface area contributed by atoms with Gasteiger partial charge in [0.25, 0.3) is 0 Å². The fourth-order valence-corrected chi connectivity index (χ4v) is 12.8. The molecule has 0 amide bonds. The van der Waals surface area contributed by atoms with Crippen molar-refractivity contribution < 1.29 is 0 Å². The van der Waals surface area contributed by atoms with Gasteiger partial charge in [0.05, 0.1) is 27.8 Å². The number of aromatic nitrogens is 2. The first-order valence-corrected chi connectivity index (χ1v) is 22.8.